The summed E-state index contributed by atoms with van der Waals surface area (Å²) in [4.78, 5) is 0. The molecule has 0 aromatic heterocycles. The molecule has 0 saturated heterocycles. The largest absolute Gasteiger partial charge is 0.454 e. The molecule has 0 bridgehead atoms. The molecule has 0 unspecified atom stereocenters. The maximum atomic E-state index is 5.24. The van der Waals surface area contributed by atoms with Gasteiger partial charge in [-0.2, -0.15) is 0 Å². The first-order chi connectivity index (χ1) is 5.90. The molecule has 0 atom stereocenters. The van der Waals surface area contributed by atoms with E-state index in [0.29, 0.717) is 6.79 Å². The molecule has 3 nitrogen and oxygen atoms in total. The molecule has 3 heteroatoms. The summed E-state index contributed by atoms with van der Waals surface area (Å²) in [6.07, 6.45) is 0. The lowest BCUT2D eigenvalue weighted by Crippen LogP contribution is -2.04. The quantitative estimate of drug-likeness (QED) is 0.712. The van der Waals surface area contributed by atoms with E-state index in [1.54, 1.807) is 0 Å². The molecule has 1 aliphatic heterocycles. The van der Waals surface area contributed by atoms with Gasteiger partial charge in [0.2, 0.25) is 6.79 Å². The fourth-order valence-corrected chi connectivity index (χ4v) is 1.26. The number of ether oxygens (including phenoxy) is 2. The molecular weight excluding hydrogens is 154 g/mol. The van der Waals surface area contributed by atoms with E-state index in [-0.39, 0.29) is 0 Å². The highest BCUT2D eigenvalue weighted by atomic mass is 16.7. The Bertz CT molecular complexity index is 286. The van der Waals surface area contributed by atoms with Crippen molar-refractivity contribution in [3.8, 4) is 11.5 Å². The Morgan fingerprint density at radius 2 is 2.17 bits per heavy atom. The molecule has 0 aliphatic carbocycles. The average molecular weight is 165 g/mol. The highest BCUT2D eigenvalue weighted by Crippen LogP contribution is 2.32. The lowest BCUT2D eigenvalue weighted by molar-refractivity contribution is 0.174. The third kappa shape index (κ3) is 1.23. The van der Waals surface area contributed by atoms with Crippen LogP contribution in [0, 0.1) is 0 Å². The Balaban J connectivity index is 2.26. The van der Waals surface area contributed by atoms with Crippen LogP contribution in [0.5, 0.6) is 11.5 Å². The van der Waals surface area contributed by atoms with Crippen molar-refractivity contribution < 1.29 is 9.47 Å². The smallest absolute Gasteiger partial charge is 0.231 e. The molecule has 0 radical (unpaired) electrons. The van der Waals surface area contributed by atoms with Crippen LogP contribution in [0.2, 0.25) is 0 Å². The lowest BCUT2D eigenvalue weighted by Gasteiger charge is -2.00. The molecule has 1 heterocycles. The van der Waals surface area contributed by atoms with Crippen molar-refractivity contribution in [2.45, 2.75) is 6.54 Å². The van der Waals surface area contributed by atoms with Gasteiger partial charge in [0.05, 0.1) is 0 Å². The molecular formula is C9H11NO2. The summed E-state index contributed by atoms with van der Waals surface area (Å²) in [5.74, 6) is 1.69. The molecule has 0 fully saturated rings. The van der Waals surface area contributed by atoms with Crippen molar-refractivity contribution in [2.24, 2.45) is 0 Å². The van der Waals surface area contributed by atoms with Gasteiger partial charge in [-0.25, -0.2) is 0 Å². The van der Waals surface area contributed by atoms with E-state index in [1.165, 1.54) is 5.56 Å². The maximum absolute atomic E-state index is 5.24. The number of rotatable bonds is 2. The monoisotopic (exact) mass is 165 g/mol. The first-order valence-electron chi connectivity index (χ1n) is 3.93. The molecule has 1 N–H and O–H groups in total. The Kier molecular flexibility index (Phi) is 1.87. The van der Waals surface area contributed by atoms with Crippen LogP contribution in [-0.2, 0) is 6.54 Å². The molecule has 2 rings (SSSR count). The molecule has 1 aromatic carbocycles. The molecule has 0 saturated carbocycles. The lowest BCUT2D eigenvalue weighted by atomic mass is 10.2. The molecule has 0 amide bonds. The van der Waals surface area contributed by atoms with E-state index in [1.807, 2.05) is 25.2 Å². The van der Waals surface area contributed by atoms with Gasteiger partial charge in [-0.15, -0.1) is 0 Å². The summed E-state index contributed by atoms with van der Waals surface area (Å²) in [5, 5.41) is 3.08. The Hall–Kier alpha value is -1.22. The summed E-state index contributed by atoms with van der Waals surface area (Å²) < 4.78 is 10.4. The average Bonchev–Trinajstić information content (AvgIpc) is 2.51. The summed E-state index contributed by atoms with van der Waals surface area (Å²) in [6.45, 7) is 1.20. The van der Waals surface area contributed by atoms with Crippen LogP contribution in [-0.4, -0.2) is 13.8 Å². The van der Waals surface area contributed by atoms with Gasteiger partial charge in [0.15, 0.2) is 11.5 Å². The predicted octanol–water partition coefficient (Wildman–Crippen LogP) is 1.13. The minimum absolute atomic E-state index is 0.346. The van der Waals surface area contributed by atoms with Gasteiger partial charge in [-0.05, 0) is 24.7 Å². The van der Waals surface area contributed by atoms with Gasteiger partial charge < -0.3 is 14.8 Å². The first-order valence-corrected chi connectivity index (χ1v) is 3.93. The van der Waals surface area contributed by atoms with Gasteiger partial charge in [0, 0.05) is 6.54 Å². The van der Waals surface area contributed by atoms with Crippen LogP contribution in [0.4, 0.5) is 0 Å². The van der Waals surface area contributed by atoms with Gasteiger partial charge in [-0.3, -0.25) is 0 Å². The topological polar surface area (TPSA) is 30.5 Å². The summed E-state index contributed by atoms with van der Waals surface area (Å²) in [5.41, 5.74) is 1.21. The van der Waals surface area contributed by atoms with E-state index >= 15 is 0 Å². The zero-order valence-electron chi connectivity index (χ0n) is 6.96. The Morgan fingerprint density at radius 3 is 3.00 bits per heavy atom. The standard InChI is InChI=1S/C9H11NO2/c1-10-5-7-2-3-8-9(4-7)12-6-11-8/h2-4,10H,5-6H2,1H3. The number of benzene rings is 1. The normalized spacial score (nSPS) is 13.4. The second-order valence-corrected chi connectivity index (χ2v) is 2.72. The molecule has 1 aromatic rings. The maximum Gasteiger partial charge on any atom is 0.231 e. The van der Waals surface area contributed by atoms with E-state index in [4.69, 9.17) is 9.47 Å². The molecule has 64 valence electrons. The van der Waals surface area contributed by atoms with Crippen LogP contribution >= 0.6 is 0 Å². The molecule has 1 aliphatic rings. The number of hydrogen-bond donors (Lipinski definition) is 1. The van der Waals surface area contributed by atoms with Crippen molar-refractivity contribution >= 4 is 0 Å². The van der Waals surface area contributed by atoms with Crippen molar-refractivity contribution in [2.75, 3.05) is 13.8 Å². The second kappa shape index (κ2) is 3.03. The van der Waals surface area contributed by atoms with E-state index in [2.05, 4.69) is 5.32 Å². The van der Waals surface area contributed by atoms with Crippen molar-refractivity contribution in [1.29, 1.82) is 0 Å². The molecule has 12 heavy (non-hydrogen) atoms. The van der Waals surface area contributed by atoms with Crippen molar-refractivity contribution in [3.63, 3.8) is 0 Å². The zero-order valence-corrected chi connectivity index (χ0v) is 6.96. The zero-order chi connectivity index (χ0) is 8.39. The molecule has 0 spiro atoms. The number of nitrogens with one attached hydrogen (secondary N) is 1. The van der Waals surface area contributed by atoms with E-state index in [9.17, 15) is 0 Å². The third-order valence-electron chi connectivity index (χ3n) is 1.82. The second-order valence-electron chi connectivity index (χ2n) is 2.72. The van der Waals surface area contributed by atoms with Gasteiger partial charge >= 0.3 is 0 Å². The number of hydrogen-bond acceptors (Lipinski definition) is 3. The number of fused-ring (bicyclic) bond motifs is 1. The van der Waals surface area contributed by atoms with Crippen LogP contribution < -0.4 is 14.8 Å². The summed E-state index contributed by atoms with van der Waals surface area (Å²) >= 11 is 0. The fraction of sp³-hybridized carbons (Fsp3) is 0.333. The van der Waals surface area contributed by atoms with Crippen molar-refractivity contribution in [1.82, 2.24) is 5.32 Å². The highest BCUT2D eigenvalue weighted by Gasteiger charge is 2.12. The van der Waals surface area contributed by atoms with Gasteiger partial charge in [0.25, 0.3) is 0 Å². The first kappa shape index (κ1) is 7.43. The van der Waals surface area contributed by atoms with Crippen molar-refractivity contribution in [3.05, 3.63) is 23.8 Å². The highest BCUT2D eigenvalue weighted by molar-refractivity contribution is 5.44. The van der Waals surface area contributed by atoms with E-state index in [0.717, 1.165) is 18.0 Å². The Labute approximate surface area is 71.3 Å². The van der Waals surface area contributed by atoms with Crippen LogP contribution in [0.1, 0.15) is 5.56 Å². The van der Waals surface area contributed by atoms with Gasteiger partial charge in [0.1, 0.15) is 0 Å². The minimum Gasteiger partial charge on any atom is -0.454 e. The van der Waals surface area contributed by atoms with Crippen LogP contribution in [0.25, 0.3) is 0 Å². The minimum atomic E-state index is 0.346. The van der Waals surface area contributed by atoms with Crippen LogP contribution in [0.15, 0.2) is 18.2 Å². The summed E-state index contributed by atoms with van der Waals surface area (Å²) in [7, 11) is 1.92. The van der Waals surface area contributed by atoms with Gasteiger partial charge in [-0.1, -0.05) is 6.07 Å². The fourth-order valence-electron chi connectivity index (χ4n) is 1.26. The predicted molar refractivity (Wildman–Crippen MR) is 45.3 cm³/mol. The Morgan fingerprint density at radius 1 is 1.33 bits per heavy atom. The summed E-state index contributed by atoms with van der Waals surface area (Å²) in [6, 6.07) is 5.97. The van der Waals surface area contributed by atoms with E-state index < -0.39 is 0 Å². The third-order valence-corrected chi connectivity index (χ3v) is 1.82. The SMILES string of the molecule is CNCc1ccc2c(c1)OCO2. The van der Waals surface area contributed by atoms with Crippen LogP contribution in [0.3, 0.4) is 0 Å².